The Morgan fingerprint density at radius 3 is 2.17 bits per heavy atom. The number of hydrogen-bond acceptors (Lipinski definition) is 6. The second-order valence-corrected chi connectivity index (χ2v) is 4.55. The van der Waals surface area contributed by atoms with Crippen LogP contribution in [0.1, 0.15) is 19.3 Å². The molecule has 0 amide bonds. The molecule has 0 radical (unpaired) electrons. The van der Waals surface area contributed by atoms with Gasteiger partial charge in [-0.1, -0.05) is 6.42 Å². The first-order valence-electron chi connectivity index (χ1n) is 6.20. The molecule has 2 N–H and O–H groups in total. The normalized spacial score (nSPS) is 23.1. The van der Waals surface area contributed by atoms with Crippen LogP contribution < -0.4 is 5.73 Å². The van der Waals surface area contributed by atoms with Crippen molar-refractivity contribution in [2.75, 3.05) is 33.9 Å². The van der Waals surface area contributed by atoms with E-state index >= 15 is 0 Å². The molecule has 1 rings (SSSR count). The van der Waals surface area contributed by atoms with Crippen molar-refractivity contribution in [3.05, 3.63) is 0 Å². The highest BCUT2D eigenvalue weighted by atomic mass is 16.5. The van der Waals surface area contributed by atoms with Gasteiger partial charge in [0.25, 0.3) is 0 Å². The standard InChI is InChI=1S/C12H22N2O4/c1-17-11(15)7-14(8-12(16)18-2)10-5-3-4-9(10)6-13/h9-10H,3-8,13H2,1-2H3. The van der Waals surface area contributed by atoms with Crippen molar-refractivity contribution < 1.29 is 19.1 Å². The van der Waals surface area contributed by atoms with Crippen LogP contribution in [-0.2, 0) is 19.1 Å². The fourth-order valence-corrected chi connectivity index (χ4v) is 2.52. The zero-order valence-corrected chi connectivity index (χ0v) is 11.1. The summed E-state index contributed by atoms with van der Waals surface area (Å²) in [5, 5.41) is 0. The Morgan fingerprint density at radius 2 is 1.72 bits per heavy atom. The molecule has 18 heavy (non-hydrogen) atoms. The summed E-state index contributed by atoms with van der Waals surface area (Å²) in [6, 6.07) is 0.160. The minimum absolute atomic E-state index is 0.104. The van der Waals surface area contributed by atoms with Crippen LogP contribution in [0.4, 0.5) is 0 Å². The maximum Gasteiger partial charge on any atom is 0.319 e. The monoisotopic (exact) mass is 258 g/mol. The molecule has 0 aliphatic heterocycles. The van der Waals surface area contributed by atoms with Crippen LogP contribution in [0.15, 0.2) is 0 Å². The average Bonchev–Trinajstić information content (AvgIpc) is 2.85. The summed E-state index contributed by atoms with van der Waals surface area (Å²) >= 11 is 0. The van der Waals surface area contributed by atoms with Crippen LogP contribution >= 0.6 is 0 Å². The number of nitrogens with two attached hydrogens (primary N) is 1. The lowest BCUT2D eigenvalue weighted by atomic mass is 10.0. The van der Waals surface area contributed by atoms with Gasteiger partial charge in [-0.25, -0.2) is 0 Å². The number of ether oxygens (including phenoxy) is 2. The van der Waals surface area contributed by atoms with E-state index in [0.29, 0.717) is 12.5 Å². The van der Waals surface area contributed by atoms with E-state index in [2.05, 4.69) is 9.47 Å². The predicted molar refractivity (Wildman–Crippen MR) is 65.8 cm³/mol. The summed E-state index contributed by atoms with van der Waals surface area (Å²) in [5.74, 6) is -0.359. The first-order valence-corrected chi connectivity index (χ1v) is 6.20. The van der Waals surface area contributed by atoms with Crippen molar-refractivity contribution in [2.24, 2.45) is 11.7 Å². The lowest BCUT2D eigenvalue weighted by Gasteiger charge is -2.30. The number of rotatable bonds is 6. The number of nitrogens with zero attached hydrogens (tertiary/aromatic N) is 1. The highest BCUT2D eigenvalue weighted by Crippen LogP contribution is 2.29. The molecule has 1 fully saturated rings. The minimum Gasteiger partial charge on any atom is -0.468 e. The molecule has 0 saturated heterocycles. The van der Waals surface area contributed by atoms with E-state index < -0.39 is 0 Å². The molecule has 0 bridgehead atoms. The average molecular weight is 258 g/mol. The molecule has 0 heterocycles. The molecule has 0 aromatic rings. The molecule has 104 valence electrons. The molecular weight excluding hydrogens is 236 g/mol. The second-order valence-electron chi connectivity index (χ2n) is 4.55. The summed E-state index contributed by atoms with van der Waals surface area (Å²) < 4.78 is 9.32. The Labute approximate surface area is 107 Å². The first-order chi connectivity index (χ1) is 8.62. The highest BCUT2D eigenvalue weighted by Gasteiger charge is 2.33. The smallest absolute Gasteiger partial charge is 0.319 e. The maximum atomic E-state index is 11.4. The van der Waals surface area contributed by atoms with Crippen molar-refractivity contribution in [1.82, 2.24) is 4.90 Å². The third-order valence-electron chi connectivity index (χ3n) is 3.51. The van der Waals surface area contributed by atoms with Gasteiger partial charge in [0.15, 0.2) is 0 Å². The van der Waals surface area contributed by atoms with Crippen molar-refractivity contribution in [3.8, 4) is 0 Å². The van der Waals surface area contributed by atoms with Crippen molar-refractivity contribution in [3.63, 3.8) is 0 Å². The van der Waals surface area contributed by atoms with Gasteiger partial charge >= 0.3 is 11.9 Å². The molecule has 1 aliphatic carbocycles. The molecule has 6 nitrogen and oxygen atoms in total. The SMILES string of the molecule is COC(=O)CN(CC(=O)OC)C1CCCC1CN. The molecule has 2 atom stereocenters. The van der Waals surface area contributed by atoms with Gasteiger partial charge < -0.3 is 15.2 Å². The maximum absolute atomic E-state index is 11.4. The molecule has 1 saturated carbocycles. The number of hydrogen-bond donors (Lipinski definition) is 1. The van der Waals surface area contributed by atoms with Gasteiger partial charge in [-0.15, -0.1) is 0 Å². The van der Waals surface area contributed by atoms with Gasteiger partial charge in [-0.2, -0.15) is 0 Å². The number of esters is 2. The summed E-state index contributed by atoms with van der Waals surface area (Å²) in [4.78, 5) is 24.6. The summed E-state index contributed by atoms with van der Waals surface area (Å²) in [5.41, 5.74) is 5.73. The zero-order chi connectivity index (χ0) is 13.5. The molecular formula is C12H22N2O4. The lowest BCUT2D eigenvalue weighted by Crippen LogP contribution is -2.46. The third kappa shape index (κ3) is 3.96. The number of methoxy groups -OCH3 is 2. The van der Waals surface area contributed by atoms with Gasteiger partial charge in [-0.05, 0) is 25.3 Å². The third-order valence-corrected chi connectivity index (χ3v) is 3.51. The molecule has 0 aromatic carbocycles. The fourth-order valence-electron chi connectivity index (χ4n) is 2.52. The second kappa shape index (κ2) is 7.33. The van der Waals surface area contributed by atoms with E-state index in [9.17, 15) is 9.59 Å². The molecule has 1 aliphatic rings. The Hall–Kier alpha value is -1.14. The summed E-state index contributed by atoms with van der Waals surface area (Å²) in [6.45, 7) is 0.781. The van der Waals surface area contributed by atoms with Gasteiger partial charge in [0.1, 0.15) is 0 Å². The molecule has 6 heteroatoms. The van der Waals surface area contributed by atoms with Crippen molar-refractivity contribution in [1.29, 1.82) is 0 Å². The van der Waals surface area contributed by atoms with Gasteiger partial charge in [0.05, 0.1) is 27.3 Å². The van der Waals surface area contributed by atoms with Crippen molar-refractivity contribution in [2.45, 2.75) is 25.3 Å². The van der Waals surface area contributed by atoms with Gasteiger partial charge in [0, 0.05) is 6.04 Å². The number of carbonyl (C=O) groups excluding carboxylic acids is 2. The van der Waals surface area contributed by atoms with Crippen LogP contribution in [0.25, 0.3) is 0 Å². The Morgan fingerprint density at radius 1 is 1.17 bits per heavy atom. The topological polar surface area (TPSA) is 81.9 Å². The van der Waals surface area contributed by atoms with Crippen LogP contribution in [0.3, 0.4) is 0 Å². The zero-order valence-electron chi connectivity index (χ0n) is 11.1. The van der Waals surface area contributed by atoms with Gasteiger partial charge in [-0.3, -0.25) is 14.5 Å². The largest absolute Gasteiger partial charge is 0.468 e. The van der Waals surface area contributed by atoms with Gasteiger partial charge in [0.2, 0.25) is 0 Å². The Kier molecular flexibility index (Phi) is 6.07. The predicted octanol–water partition coefficient (Wildman–Crippen LogP) is -0.238. The van der Waals surface area contributed by atoms with E-state index in [1.54, 1.807) is 0 Å². The van der Waals surface area contributed by atoms with Crippen LogP contribution in [0.5, 0.6) is 0 Å². The van der Waals surface area contributed by atoms with Crippen molar-refractivity contribution >= 4 is 11.9 Å². The van der Waals surface area contributed by atoms with E-state index in [4.69, 9.17) is 5.73 Å². The van der Waals surface area contributed by atoms with Crippen LogP contribution in [-0.4, -0.2) is 56.7 Å². The molecule has 0 aromatic heterocycles. The number of carbonyl (C=O) groups is 2. The highest BCUT2D eigenvalue weighted by molar-refractivity contribution is 5.75. The van der Waals surface area contributed by atoms with Crippen LogP contribution in [0, 0.1) is 5.92 Å². The molecule has 2 unspecified atom stereocenters. The van der Waals surface area contributed by atoms with E-state index in [1.807, 2.05) is 4.90 Å². The van der Waals surface area contributed by atoms with E-state index in [-0.39, 0.29) is 31.1 Å². The Bertz CT molecular complexity index is 278. The minimum atomic E-state index is -0.346. The first kappa shape index (κ1) is 14.9. The summed E-state index contributed by atoms with van der Waals surface area (Å²) in [7, 11) is 2.68. The lowest BCUT2D eigenvalue weighted by molar-refractivity contribution is -0.147. The quantitative estimate of drug-likeness (QED) is 0.662. The summed E-state index contributed by atoms with van der Waals surface area (Å²) in [6.07, 6.45) is 3.07. The van der Waals surface area contributed by atoms with Crippen LogP contribution in [0.2, 0.25) is 0 Å². The van der Waals surface area contributed by atoms with E-state index in [0.717, 1.165) is 19.3 Å². The fraction of sp³-hybridized carbons (Fsp3) is 0.833. The molecule has 0 spiro atoms. The Balaban J connectivity index is 2.68. The van der Waals surface area contributed by atoms with E-state index in [1.165, 1.54) is 14.2 Å².